The summed E-state index contributed by atoms with van der Waals surface area (Å²) in [6.07, 6.45) is 1.50. The van der Waals surface area contributed by atoms with Gasteiger partial charge in [0.25, 0.3) is 5.91 Å². The average Bonchev–Trinajstić information content (AvgIpc) is 3.42. The highest BCUT2D eigenvalue weighted by molar-refractivity contribution is 7.12. The molecule has 1 aromatic carbocycles. The van der Waals surface area contributed by atoms with E-state index in [1.54, 1.807) is 11.5 Å². The summed E-state index contributed by atoms with van der Waals surface area (Å²) in [5.74, 6) is -0.259. The molecule has 4 rings (SSSR count). The van der Waals surface area contributed by atoms with Gasteiger partial charge in [-0.2, -0.15) is 0 Å². The normalized spacial score (nSPS) is 10.8. The van der Waals surface area contributed by atoms with Gasteiger partial charge in [-0.15, -0.1) is 11.3 Å². The number of nitro groups is 1. The van der Waals surface area contributed by atoms with Crippen LogP contribution in [0.2, 0.25) is 0 Å². The molecule has 0 aliphatic heterocycles. The Morgan fingerprint density at radius 1 is 1.21 bits per heavy atom. The van der Waals surface area contributed by atoms with Crippen LogP contribution in [0.4, 0.5) is 11.7 Å². The van der Waals surface area contributed by atoms with Crippen LogP contribution in [-0.4, -0.2) is 25.4 Å². The van der Waals surface area contributed by atoms with Crippen molar-refractivity contribution in [3.63, 3.8) is 0 Å². The minimum Gasteiger partial charge on any atom is -0.395 e. The van der Waals surface area contributed by atoms with Crippen molar-refractivity contribution in [2.45, 2.75) is 13.8 Å². The number of amides is 1. The lowest BCUT2D eigenvalue weighted by molar-refractivity contribution is -0.402. The first-order valence-corrected chi connectivity index (χ1v) is 9.43. The zero-order valence-corrected chi connectivity index (χ0v) is 16.3. The van der Waals surface area contributed by atoms with E-state index in [4.69, 9.17) is 4.42 Å². The highest BCUT2D eigenvalue weighted by Crippen LogP contribution is 2.28. The summed E-state index contributed by atoms with van der Waals surface area (Å²) in [6, 6.07) is 10.4. The van der Waals surface area contributed by atoms with E-state index in [1.807, 2.05) is 36.6 Å². The van der Waals surface area contributed by atoms with Crippen molar-refractivity contribution in [1.29, 1.82) is 0 Å². The Morgan fingerprint density at radius 3 is 2.66 bits per heavy atom. The number of aromatic nitrogens is 3. The van der Waals surface area contributed by atoms with Gasteiger partial charge in [0.05, 0.1) is 18.0 Å². The number of anilines is 1. The summed E-state index contributed by atoms with van der Waals surface area (Å²) in [7, 11) is 0. The third-order valence-corrected chi connectivity index (χ3v) is 5.03. The Balaban J connectivity index is 1.61. The second-order valence-electron chi connectivity index (χ2n) is 6.26. The van der Waals surface area contributed by atoms with Crippen molar-refractivity contribution in [2.75, 3.05) is 5.32 Å². The van der Waals surface area contributed by atoms with Crippen LogP contribution in [-0.2, 0) is 0 Å². The fourth-order valence-electron chi connectivity index (χ4n) is 2.72. The molecule has 4 aromatic rings. The highest BCUT2D eigenvalue weighted by atomic mass is 32.1. The lowest BCUT2D eigenvalue weighted by atomic mass is 10.1. The first-order valence-electron chi connectivity index (χ1n) is 8.55. The van der Waals surface area contributed by atoms with Gasteiger partial charge in [-0.1, -0.05) is 29.8 Å². The van der Waals surface area contributed by atoms with E-state index in [0.717, 1.165) is 22.9 Å². The lowest BCUT2D eigenvalue weighted by Gasteiger charge is -2.07. The number of aryl methyl sites for hydroxylation is 2. The van der Waals surface area contributed by atoms with Crippen LogP contribution < -0.4 is 5.32 Å². The minimum absolute atomic E-state index is 0.165. The second kappa shape index (κ2) is 7.32. The maximum atomic E-state index is 12.4. The average molecular weight is 409 g/mol. The fourth-order valence-corrected chi connectivity index (χ4v) is 3.62. The summed E-state index contributed by atoms with van der Waals surface area (Å²) in [6.45, 7) is 3.81. The molecule has 0 saturated heterocycles. The molecule has 0 fully saturated rings. The van der Waals surface area contributed by atoms with Crippen LogP contribution in [0.25, 0.3) is 16.4 Å². The molecule has 0 saturated carbocycles. The number of hydrogen-bond acceptors (Lipinski definition) is 7. The molecule has 10 heteroatoms. The van der Waals surface area contributed by atoms with Crippen molar-refractivity contribution in [3.05, 3.63) is 75.2 Å². The predicted octanol–water partition coefficient (Wildman–Crippen LogP) is 4.37. The molecule has 0 spiro atoms. The third-order valence-electron chi connectivity index (χ3n) is 4.21. The second-order valence-corrected chi connectivity index (χ2v) is 7.09. The third kappa shape index (κ3) is 3.65. The van der Waals surface area contributed by atoms with Crippen LogP contribution in [0, 0.1) is 24.0 Å². The Bertz CT molecular complexity index is 1210. The number of thiazole rings is 1. The first-order chi connectivity index (χ1) is 13.9. The molecule has 146 valence electrons. The van der Waals surface area contributed by atoms with Crippen LogP contribution in [0.15, 0.2) is 52.4 Å². The molecule has 0 atom stereocenters. The van der Waals surface area contributed by atoms with Crippen molar-refractivity contribution >= 4 is 28.9 Å². The van der Waals surface area contributed by atoms with Gasteiger partial charge in [0, 0.05) is 10.9 Å². The molecule has 9 nitrogen and oxygen atoms in total. The number of carbonyl (C=O) groups excluding carboxylic acids is 1. The molecule has 0 unspecified atom stereocenters. The maximum absolute atomic E-state index is 12.4. The Hall–Kier alpha value is -3.79. The number of furan rings is 1. The molecule has 1 amide bonds. The quantitative estimate of drug-likeness (QED) is 0.386. The molecule has 1 N–H and O–H groups in total. The zero-order valence-electron chi connectivity index (χ0n) is 15.4. The number of nitrogens with zero attached hydrogens (tertiary/aromatic N) is 4. The van der Waals surface area contributed by atoms with E-state index in [1.165, 1.54) is 23.6 Å². The molecule has 29 heavy (non-hydrogen) atoms. The van der Waals surface area contributed by atoms with E-state index in [0.29, 0.717) is 16.8 Å². The van der Waals surface area contributed by atoms with Gasteiger partial charge in [0.2, 0.25) is 0 Å². The summed E-state index contributed by atoms with van der Waals surface area (Å²) in [4.78, 5) is 31.4. The molecule has 3 aromatic heterocycles. The fraction of sp³-hybridized carbons (Fsp3) is 0.105. The van der Waals surface area contributed by atoms with E-state index in [9.17, 15) is 14.9 Å². The van der Waals surface area contributed by atoms with Crippen molar-refractivity contribution in [3.8, 4) is 16.4 Å². The van der Waals surface area contributed by atoms with E-state index in [2.05, 4.69) is 15.3 Å². The Kier molecular flexibility index (Phi) is 4.69. The van der Waals surface area contributed by atoms with Gasteiger partial charge in [0.15, 0.2) is 10.9 Å². The molecule has 0 aliphatic rings. The van der Waals surface area contributed by atoms with Gasteiger partial charge in [-0.3, -0.25) is 19.5 Å². The van der Waals surface area contributed by atoms with Gasteiger partial charge < -0.3 is 9.73 Å². The SMILES string of the molecule is Cc1ccc(-c2csc(-n3c(NC(=O)c4ccc([N+](=O)[O-])o4)cnc3C)n2)cc1. The monoisotopic (exact) mass is 409 g/mol. The lowest BCUT2D eigenvalue weighted by Crippen LogP contribution is -2.14. The number of imidazole rings is 1. The number of nitrogens with one attached hydrogen (secondary N) is 1. The highest BCUT2D eigenvalue weighted by Gasteiger charge is 2.20. The largest absolute Gasteiger partial charge is 0.433 e. The van der Waals surface area contributed by atoms with Crippen LogP contribution in [0.1, 0.15) is 21.9 Å². The summed E-state index contributed by atoms with van der Waals surface area (Å²) < 4.78 is 6.66. The Labute approximate surface area is 168 Å². The topological polar surface area (TPSA) is 116 Å². The molecule has 3 heterocycles. The van der Waals surface area contributed by atoms with Gasteiger partial charge >= 0.3 is 5.88 Å². The minimum atomic E-state index is -0.701. The number of benzene rings is 1. The molecule has 0 bridgehead atoms. The number of rotatable bonds is 5. The first kappa shape index (κ1) is 18.6. The summed E-state index contributed by atoms with van der Waals surface area (Å²) in [5.41, 5.74) is 2.97. The van der Waals surface area contributed by atoms with Gasteiger partial charge in [-0.25, -0.2) is 9.97 Å². The molecule has 0 aliphatic carbocycles. The maximum Gasteiger partial charge on any atom is 0.433 e. The molecular weight excluding hydrogens is 394 g/mol. The van der Waals surface area contributed by atoms with E-state index < -0.39 is 16.7 Å². The number of hydrogen-bond donors (Lipinski definition) is 1. The standard InChI is InChI=1S/C19H15N5O4S/c1-11-3-5-13(6-4-11)14-10-29-19(21-14)23-12(2)20-9-16(23)22-18(25)15-7-8-17(28-15)24(26)27/h3-10H,1-2H3,(H,22,25). The van der Waals surface area contributed by atoms with Crippen molar-refractivity contribution in [1.82, 2.24) is 14.5 Å². The van der Waals surface area contributed by atoms with Gasteiger partial charge in [0.1, 0.15) is 16.6 Å². The molecular formula is C19H15N5O4S. The Morgan fingerprint density at radius 2 is 1.97 bits per heavy atom. The molecule has 0 radical (unpaired) electrons. The van der Waals surface area contributed by atoms with Crippen molar-refractivity contribution in [2.24, 2.45) is 0 Å². The van der Waals surface area contributed by atoms with E-state index in [-0.39, 0.29) is 5.76 Å². The zero-order chi connectivity index (χ0) is 20.5. The van der Waals surface area contributed by atoms with Gasteiger partial charge in [-0.05, 0) is 19.9 Å². The summed E-state index contributed by atoms with van der Waals surface area (Å²) >= 11 is 1.41. The predicted molar refractivity (Wildman–Crippen MR) is 107 cm³/mol. The van der Waals surface area contributed by atoms with Crippen LogP contribution >= 0.6 is 11.3 Å². The van der Waals surface area contributed by atoms with Crippen molar-refractivity contribution < 1.29 is 14.1 Å². The summed E-state index contributed by atoms with van der Waals surface area (Å²) in [5, 5.41) is 16.0. The van der Waals surface area contributed by atoms with E-state index >= 15 is 0 Å². The number of carbonyl (C=O) groups is 1. The smallest absolute Gasteiger partial charge is 0.395 e. The van der Waals surface area contributed by atoms with Crippen LogP contribution in [0.3, 0.4) is 0 Å². The van der Waals surface area contributed by atoms with Crippen LogP contribution in [0.5, 0.6) is 0 Å².